The molecule has 3 rings (SSSR count). The summed E-state index contributed by atoms with van der Waals surface area (Å²) in [5.74, 6) is 3.30. The molecule has 8 heteroatoms. The minimum atomic E-state index is -0.313. The monoisotopic (exact) mass is 452 g/mol. The summed E-state index contributed by atoms with van der Waals surface area (Å²) in [4.78, 5) is 17.9. The van der Waals surface area contributed by atoms with Gasteiger partial charge in [0.2, 0.25) is 0 Å². The lowest BCUT2D eigenvalue weighted by Crippen LogP contribution is -2.22. The van der Waals surface area contributed by atoms with Crippen molar-refractivity contribution in [2.45, 2.75) is 25.1 Å². The highest BCUT2D eigenvalue weighted by atomic mass is 35.5. The molecule has 0 amide bonds. The van der Waals surface area contributed by atoms with Crippen molar-refractivity contribution in [3.8, 4) is 23.8 Å². The van der Waals surface area contributed by atoms with Crippen molar-refractivity contribution in [1.82, 2.24) is 9.55 Å². The Morgan fingerprint density at radius 1 is 1.21 bits per heavy atom. The summed E-state index contributed by atoms with van der Waals surface area (Å²) in [6.45, 7) is 3.76. The van der Waals surface area contributed by atoms with E-state index >= 15 is 0 Å². The number of benzene rings is 2. The van der Waals surface area contributed by atoms with Gasteiger partial charge in [0.1, 0.15) is 5.75 Å². The van der Waals surface area contributed by atoms with Crippen LogP contribution in [0.2, 0.25) is 15.1 Å². The van der Waals surface area contributed by atoms with Gasteiger partial charge in [0.05, 0.1) is 38.5 Å². The summed E-state index contributed by atoms with van der Waals surface area (Å²) < 4.78 is 7.15. The highest BCUT2D eigenvalue weighted by Gasteiger charge is 2.18. The summed E-state index contributed by atoms with van der Waals surface area (Å²) in [6.07, 6.45) is 5.29. The van der Waals surface area contributed by atoms with E-state index in [2.05, 4.69) is 10.9 Å². The third-order valence-corrected chi connectivity index (χ3v) is 5.37. The molecular formula is C20H15Cl3N2O2S. The van der Waals surface area contributed by atoms with Gasteiger partial charge in [-0.05, 0) is 38.1 Å². The van der Waals surface area contributed by atoms with Gasteiger partial charge in [-0.25, -0.2) is 4.98 Å². The van der Waals surface area contributed by atoms with Crippen LogP contribution >= 0.6 is 46.6 Å². The molecule has 0 spiro atoms. The predicted molar refractivity (Wildman–Crippen MR) is 118 cm³/mol. The fourth-order valence-electron chi connectivity index (χ4n) is 2.59. The Hall–Kier alpha value is -1.84. The summed E-state index contributed by atoms with van der Waals surface area (Å²) in [6, 6.07) is 8.12. The second-order valence-electron chi connectivity index (χ2n) is 6.09. The average molecular weight is 454 g/mol. The predicted octanol–water partition coefficient (Wildman–Crippen LogP) is 5.86. The first-order valence-electron chi connectivity index (χ1n) is 8.26. The van der Waals surface area contributed by atoms with Crippen LogP contribution in [0, 0.1) is 12.3 Å². The SMILES string of the molecule is C#CCSc1nc2ccc(Cl)cc2c(=O)n1-c1cc(OC(C)C)c(Cl)cc1Cl. The van der Waals surface area contributed by atoms with Gasteiger partial charge < -0.3 is 4.74 Å². The van der Waals surface area contributed by atoms with Crippen molar-refractivity contribution >= 4 is 57.5 Å². The van der Waals surface area contributed by atoms with E-state index in [-0.39, 0.29) is 16.7 Å². The van der Waals surface area contributed by atoms with E-state index in [1.807, 2.05) is 13.8 Å². The van der Waals surface area contributed by atoms with Crippen molar-refractivity contribution in [3.05, 3.63) is 55.8 Å². The molecule has 0 bridgehead atoms. The second kappa shape index (κ2) is 8.67. The first-order valence-corrected chi connectivity index (χ1v) is 10.4. The molecule has 2 aromatic carbocycles. The molecule has 0 N–H and O–H groups in total. The Labute approximate surface area is 181 Å². The van der Waals surface area contributed by atoms with E-state index in [9.17, 15) is 4.79 Å². The van der Waals surface area contributed by atoms with Crippen LogP contribution < -0.4 is 10.3 Å². The minimum Gasteiger partial charge on any atom is -0.489 e. The zero-order chi connectivity index (χ0) is 20.4. The van der Waals surface area contributed by atoms with Gasteiger partial charge >= 0.3 is 0 Å². The van der Waals surface area contributed by atoms with Gasteiger partial charge in [-0.1, -0.05) is 52.5 Å². The van der Waals surface area contributed by atoms with Crippen molar-refractivity contribution in [2.24, 2.45) is 0 Å². The van der Waals surface area contributed by atoms with E-state index in [0.717, 1.165) is 0 Å². The van der Waals surface area contributed by atoms with Crippen LogP contribution in [0.5, 0.6) is 5.75 Å². The van der Waals surface area contributed by atoms with Gasteiger partial charge in [-0.2, -0.15) is 0 Å². The number of nitrogens with zero attached hydrogens (tertiary/aromatic N) is 2. The van der Waals surface area contributed by atoms with E-state index in [0.29, 0.717) is 43.3 Å². The number of thioether (sulfide) groups is 1. The van der Waals surface area contributed by atoms with E-state index in [1.54, 1.807) is 30.3 Å². The Morgan fingerprint density at radius 3 is 2.64 bits per heavy atom. The number of rotatable bonds is 5. The highest BCUT2D eigenvalue weighted by molar-refractivity contribution is 7.99. The van der Waals surface area contributed by atoms with Crippen molar-refractivity contribution in [3.63, 3.8) is 0 Å². The molecule has 144 valence electrons. The van der Waals surface area contributed by atoms with Gasteiger partial charge in [0, 0.05) is 11.1 Å². The molecule has 3 aromatic rings. The summed E-state index contributed by atoms with van der Waals surface area (Å²) in [7, 11) is 0. The maximum Gasteiger partial charge on any atom is 0.266 e. The van der Waals surface area contributed by atoms with Gasteiger partial charge in [0.25, 0.3) is 5.56 Å². The number of hydrogen-bond acceptors (Lipinski definition) is 4. The maximum atomic E-state index is 13.3. The van der Waals surface area contributed by atoms with E-state index in [4.69, 9.17) is 46.0 Å². The minimum absolute atomic E-state index is 0.105. The lowest BCUT2D eigenvalue weighted by Gasteiger charge is -2.17. The molecule has 0 aliphatic heterocycles. The lowest BCUT2D eigenvalue weighted by atomic mass is 10.2. The summed E-state index contributed by atoms with van der Waals surface area (Å²) in [5.41, 5.74) is 0.612. The number of terminal acetylenes is 1. The number of fused-ring (bicyclic) bond motifs is 1. The fraction of sp³-hybridized carbons (Fsp3) is 0.200. The molecule has 0 saturated heterocycles. The van der Waals surface area contributed by atoms with Crippen molar-refractivity contribution in [2.75, 3.05) is 5.75 Å². The molecule has 0 atom stereocenters. The Kier molecular flexibility index (Phi) is 6.47. The fourth-order valence-corrected chi connectivity index (χ4v) is 3.96. The summed E-state index contributed by atoms with van der Waals surface area (Å²) >= 11 is 20.0. The average Bonchev–Trinajstić information content (AvgIpc) is 2.63. The standard InChI is InChI=1S/C20H15Cl3N2O2S/c1-4-7-28-20-24-16-6-5-12(21)8-13(16)19(26)25(20)17-10-18(27-11(2)3)15(23)9-14(17)22/h1,5-6,8-11H,7H2,2-3H3. The molecule has 0 saturated carbocycles. The Bertz CT molecular complexity index is 1150. The van der Waals surface area contributed by atoms with Crippen LogP contribution in [0.4, 0.5) is 0 Å². The third-order valence-electron chi connectivity index (χ3n) is 3.69. The van der Waals surface area contributed by atoms with Crippen LogP contribution in [0.25, 0.3) is 16.6 Å². The van der Waals surface area contributed by atoms with E-state index < -0.39 is 0 Å². The summed E-state index contributed by atoms with van der Waals surface area (Å²) in [5, 5.41) is 1.86. The number of hydrogen-bond donors (Lipinski definition) is 0. The zero-order valence-electron chi connectivity index (χ0n) is 15.0. The smallest absolute Gasteiger partial charge is 0.266 e. The molecule has 28 heavy (non-hydrogen) atoms. The molecule has 0 aliphatic rings. The van der Waals surface area contributed by atoms with Gasteiger partial charge in [0.15, 0.2) is 5.16 Å². The largest absolute Gasteiger partial charge is 0.489 e. The van der Waals surface area contributed by atoms with Crippen LogP contribution in [-0.4, -0.2) is 21.4 Å². The molecule has 0 fully saturated rings. The normalized spacial score (nSPS) is 11.0. The molecule has 4 nitrogen and oxygen atoms in total. The first kappa shape index (κ1) is 20.9. The van der Waals surface area contributed by atoms with Gasteiger partial charge in [-0.3, -0.25) is 9.36 Å². The molecule has 0 unspecified atom stereocenters. The third kappa shape index (κ3) is 4.26. The Balaban J connectivity index is 2.33. The molecule has 0 aliphatic carbocycles. The number of halogens is 3. The molecule has 1 aromatic heterocycles. The van der Waals surface area contributed by atoms with Crippen LogP contribution in [-0.2, 0) is 0 Å². The topological polar surface area (TPSA) is 44.1 Å². The molecular weight excluding hydrogens is 439 g/mol. The quantitative estimate of drug-likeness (QED) is 0.276. The Morgan fingerprint density at radius 2 is 1.96 bits per heavy atom. The number of ether oxygens (including phenoxy) is 1. The highest BCUT2D eigenvalue weighted by Crippen LogP contribution is 2.35. The number of aromatic nitrogens is 2. The van der Waals surface area contributed by atoms with Crippen molar-refractivity contribution in [1.29, 1.82) is 0 Å². The lowest BCUT2D eigenvalue weighted by molar-refractivity contribution is 0.242. The maximum absolute atomic E-state index is 13.3. The molecule has 1 heterocycles. The first-order chi connectivity index (χ1) is 13.3. The van der Waals surface area contributed by atoms with E-state index in [1.165, 1.54) is 16.3 Å². The van der Waals surface area contributed by atoms with Crippen LogP contribution in [0.15, 0.2) is 40.3 Å². The van der Waals surface area contributed by atoms with Crippen molar-refractivity contribution < 1.29 is 4.74 Å². The van der Waals surface area contributed by atoms with Crippen LogP contribution in [0.1, 0.15) is 13.8 Å². The molecule has 0 radical (unpaired) electrons. The van der Waals surface area contributed by atoms with Gasteiger partial charge in [-0.15, -0.1) is 6.42 Å². The van der Waals surface area contributed by atoms with Crippen LogP contribution in [0.3, 0.4) is 0 Å². The second-order valence-corrected chi connectivity index (χ2v) is 8.28. The zero-order valence-corrected chi connectivity index (χ0v) is 18.1.